The monoisotopic (exact) mass is 161 g/mol. The largest absolute Gasteiger partial charge is 0.261 e. The van der Waals surface area contributed by atoms with Crippen molar-refractivity contribution in [2.75, 3.05) is 0 Å². The molecule has 0 N–H and O–H groups in total. The van der Waals surface area contributed by atoms with Gasteiger partial charge in [-0.2, -0.15) is 0 Å². The predicted molar refractivity (Wildman–Crippen MR) is 49.9 cm³/mol. The van der Waals surface area contributed by atoms with Crippen molar-refractivity contribution in [1.29, 1.82) is 0 Å². The van der Waals surface area contributed by atoms with Crippen LogP contribution in [-0.4, -0.2) is 4.98 Å². The van der Waals surface area contributed by atoms with Crippen molar-refractivity contribution >= 4 is 0 Å². The molecule has 0 bridgehead atoms. The summed E-state index contributed by atoms with van der Waals surface area (Å²) in [5.74, 6) is 1.01. The molecule has 0 saturated heterocycles. The van der Waals surface area contributed by atoms with E-state index in [1.807, 2.05) is 12.3 Å². The van der Waals surface area contributed by atoms with Crippen LogP contribution < -0.4 is 0 Å². The van der Waals surface area contributed by atoms with Crippen molar-refractivity contribution in [2.24, 2.45) is 5.92 Å². The van der Waals surface area contributed by atoms with Gasteiger partial charge >= 0.3 is 0 Å². The molecule has 0 aliphatic heterocycles. The van der Waals surface area contributed by atoms with Gasteiger partial charge in [0.2, 0.25) is 0 Å². The lowest BCUT2D eigenvalue weighted by Gasteiger charge is -2.24. The van der Waals surface area contributed by atoms with Gasteiger partial charge in [-0.1, -0.05) is 25.3 Å². The van der Waals surface area contributed by atoms with Crippen molar-refractivity contribution in [3.8, 4) is 0 Å². The maximum atomic E-state index is 4.31. The van der Waals surface area contributed by atoms with Gasteiger partial charge in [0, 0.05) is 11.9 Å². The highest BCUT2D eigenvalue weighted by molar-refractivity contribution is 5.03. The molecule has 0 atom stereocenters. The average molecular weight is 161 g/mol. The minimum atomic E-state index is 1.01. The number of nitrogens with zero attached hydrogens (tertiary/aromatic N) is 1. The Bertz CT molecular complexity index is 226. The van der Waals surface area contributed by atoms with E-state index in [-0.39, 0.29) is 0 Å². The maximum Gasteiger partial charge on any atom is 0.0403 e. The lowest BCUT2D eigenvalue weighted by Crippen LogP contribution is -2.11. The van der Waals surface area contributed by atoms with Crippen molar-refractivity contribution in [2.45, 2.75) is 32.1 Å². The third kappa shape index (κ3) is 1.84. The van der Waals surface area contributed by atoms with Gasteiger partial charge in [0.15, 0.2) is 0 Å². The zero-order chi connectivity index (χ0) is 8.23. The Balaban J connectivity index is 1.79. The molecule has 0 spiro atoms. The van der Waals surface area contributed by atoms with E-state index < -0.39 is 0 Å². The second kappa shape index (κ2) is 3.70. The zero-order valence-corrected chi connectivity index (χ0v) is 7.37. The van der Waals surface area contributed by atoms with Crippen LogP contribution in [0.2, 0.25) is 0 Å². The van der Waals surface area contributed by atoms with Crippen LogP contribution in [0, 0.1) is 5.92 Å². The number of hydrogen-bond donors (Lipinski definition) is 0. The molecule has 1 aromatic rings. The molecule has 1 heteroatoms. The second-order valence-corrected chi connectivity index (χ2v) is 3.66. The smallest absolute Gasteiger partial charge is 0.0403 e. The van der Waals surface area contributed by atoms with E-state index in [0.29, 0.717) is 0 Å². The molecule has 64 valence electrons. The molecule has 1 heterocycles. The molecular formula is C11H15N. The van der Waals surface area contributed by atoms with Crippen molar-refractivity contribution in [3.63, 3.8) is 0 Å². The highest BCUT2D eigenvalue weighted by atomic mass is 14.7. The van der Waals surface area contributed by atoms with Crippen LogP contribution in [-0.2, 0) is 6.42 Å². The third-order valence-electron chi connectivity index (χ3n) is 2.76. The van der Waals surface area contributed by atoms with Crippen LogP contribution in [0.5, 0.6) is 0 Å². The SMILES string of the molecule is c1ccc(CCC2CCC2)nc1. The quantitative estimate of drug-likeness (QED) is 0.664. The van der Waals surface area contributed by atoms with E-state index in [0.717, 1.165) is 5.92 Å². The molecule has 12 heavy (non-hydrogen) atoms. The highest BCUT2D eigenvalue weighted by Gasteiger charge is 2.16. The van der Waals surface area contributed by atoms with E-state index in [1.54, 1.807) is 0 Å². The number of pyridine rings is 1. The van der Waals surface area contributed by atoms with Crippen LogP contribution in [0.25, 0.3) is 0 Å². The molecular weight excluding hydrogens is 146 g/mol. The van der Waals surface area contributed by atoms with Gasteiger partial charge < -0.3 is 0 Å². The van der Waals surface area contributed by atoms with Gasteiger partial charge in [0.05, 0.1) is 0 Å². The van der Waals surface area contributed by atoms with E-state index >= 15 is 0 Å². The zero-order valence-electron chi connectivity index (χ0n) is 7.37. The minimum Gasteiger partial charge on any atom is -0.261 e. The lowest BCUT2D eigenvalue weighted by atomic mass is 9.82. The summed E-state index contributed by atoms with van der Waals surface area (Å²) in [6.45, 7) is 0. The summed E-state index contributed by atoms with van der Waals surface area (Å²) < 4.78 is 0. The second-order valence-electron chi connectivity index (χ2n) is 3.66. The fraction of sp³-hybridized carbons (Fsp3) is 0.545. The van der Waals surface area contributed by atoms with Gasteiger partial charge in [-0.25, -0.2) is 0 Å². The molecule has 2 rings (SSSR count). The summed E-state index contributed by atoms with van der Waals surface area (Å²) in [5.41, 5.74) is 1.25. The first kappa shape index (κ1) is 7.78. The summed E-state index contributed by atoms with van der Waals surface area (Å²) >= 11 is 0. The average Bonchev–Trinajstić information content (AvgIpc) is 2.04. The van der Waals surface area contributed by atoms with Crippen LogP contribution in [0.3, 0.4) is 0 Å². The van der Waals surface area contributed by atoms with Crippen molar-refractivity contribution < 1.29 is 0 Å². The first-order valence-electron chi connectivity index (χ1n) is 4.85. The van der Waals surface area contributed by atoms with E-state index in [2.05, 4.69) is 17.1 Å². The normalized spacial score (nSPS) is 17.3. The summed E-state index contributed by atoms with van der Waals surface area (Å²) in [6, 6.07) is 6.18. The van der Waals surface area contributed by atoms with E-state index in [4.69, 9.17) is 0 Å². The fourth-order valence-corrected chi connectivity index (χ4v) is 1.68. The molecule has 1 aliphatic carbocycles. The van der Waals surface area contributed by atoms with E-state index in [1.165, 1.54) is 37.8 Å². The van der Waals surface area contributed by atoms with Crippen LogP contribution in [0.1, 0.15) is 31.4 Å². The number of aromatic nitrogens is 1. The first-order valence-corrected chi connectivity index (χ1v) is 4.85. The maximum absolute atomic E-state index is 4.31. The highest BCUT2D eigenvalue weighted by Crippen LogP contribution is 2.30. The van der Waals surface area contributed by atoms with Gasteiger partial charge in [0.25, 0.3) is 0 Å². The molecule has 1 aliphatic rings. The van der Waals surface area contributed by atoms with Gasteiger partial charge in [-0.15, -0.1) is 0 Å². The first-order chi connectivity index (χ1) is 5.95. The molecule has 0 amide bonds. The number of hydrogen-bond acceptors (Lipinski definition) is 1. The van der Waals surface area contributed by atoms with Crippen LogP contribution in [0.15, 0.2) is 24.4 Å². The van der Waals surface area contributed by atoms with Gasteiger partial charge in [-0.05, 0) is 30.9 Å². The van der Waals surface area contributed by atoms with Crippen molar-refractivity contribution in [1.82, 2.24) is 4.98 Å². The number of rotatable bonds is 3. The summed E-state index contributed by atoms with van der Waals surface area (Å²) in [4.78, 5) is 4.31. The molecule has 1 fully saturated rings. The van der Waals surface area contributed by atoms with Gasteiger partial charge in [0.1, 0.15) is 0 Å². The Labute approximate surface area is 73.8 Å². The minimum absolute atomic E-state index is 1.01. The molecule has 0 radical (unpaired) electrons. The fourth-order valence-electron chi connectivity index (χ4n) is 1.68. The standard InChI is InChI=1S/C11H15N/c1-2-9-12-11(6-1)8-7-10-4-3-5-10/h1-2,6,9-10H,3-5,7-8H2. The van der Waals surface area contributed by atoms with Crippen LogP contribution in [0.4, 0.5) is 0 Å². The molecule has 1 saturated carbocycles. The summed E-state index contributed by atoms with van der Waals surface area (Å²) in [5, 5.41) is 0. The molecule has 0 unspecified atom stereocenters. The van der Waals surface area contributed by atoms with E-state index in [9.17, 15) is 0 Å². The third-order valence-corrected chi connectivity index (χ3v) is 2.76. The molecule has 1 nitrogen and oxygen atoms in total. The Morgan fingerprint density at radius 3 is 2.83 bits per heavy atom. The number of aryl methyl sites for hydroxylation is 1. The molecule has 1 aromatic heterocycles. The lowest BCUT2D eigenvalue weighted by molar-refractivity contribution is 0.295. The molecule has 0 aromatic carbocycles. The predicted octanol–water partition coefficient (Wildman–Crippen LogP) is 2.81. The Hall–Kier alpha value is -0.850. The summed E-state index contributed by atoms with van der Waals surface area (Å²) in [6.07, 6.45) is 8.76. The van der Waals surface area contributed by atoms with Crippen LogP contribution >= 0.6 is 0 Å². The Morgan fingerprint density at radius 2 is 2.25 bits per heavy atom. The Morgan fingerprint density at radius 1 is 1.33 bits per heavy atom. The topological polar surface area (TPSA) is 12.9 Å². The van der Waals surface area contributed by atoms with Gasteiger partial charge in [-0.3, -0.25) is 4.98 Å². The summed E-state index contributed by atoms with van der Waals surface area (Å²) in [7, 11) is 0. The Kier molecular flexibility index (Phi) is 2.40. The van der Waals surface area contributed by atoms with Crippen molar-refractivity contribution in [3.05, 3.63) is 30.1 Å².